The summed E-state index contributed by atoms with van der Waals surface area (Å²) in [6.45, 7) is 3.30. The van der Waals surface area contributed by atoms with Gasteiger partial charge in [0.1, 0.15) is 11.9 Å². The summed E-state index contributed by atoms with van der Waals surface area (Å²) in [5, 5.41) is 13.4. The van der Waals surface area contributed by atoms with Crippen LogP contribution in [0.5, 0.6) is 0 Å². The van der Waals surface area contributed by atoms with Crippen molar-refractivity contribution >= 4 is 27.6 Å². The summed E-state index contributed by atoms with van der Waals surface area (Å²) in [6.07, 6.45) is 1.49. The van der Waals surface area contributed by atoms with Crippen LogP contribution in [0.4, 0.5) is 10.1 Å². The molecule has 6 nitrogen and oxygen atoms in total. The lowest BCUT2D eigenvalue weighted by Crippen LogP contribution is -2.05. The minimum Gasteiger partial charge on any atom is -0.358 e. The number of fused-ring (bicyclic) bond motifs is 1. The number of benzene rings is 1. The van der Waals surface area contributed by atoms with Crippen LogP contribution >= 0.6 is 0 Å². The lowest BCUT2D eigenvalue weighted by molar-refractivity contribution is 0.342. The third-order valence-electron chi connectivity index (χ3n) is 3.27. The normalized spacial score (nSPS) is 12.3. The second kappa shape index (κ2) is 5.27. The SMILES string of the molecule is Cc1cc(S(=O)Nc2cc(F)c(C)c3c(C#N)c[nH]c23)on1. The molecule has 2 N–H and O–H groups in total. The van der Waals surface area contributed by atoms with E-state index in [-0.39, 0.29) is 10.8 Å². The molecule has 0 aliphatic carbocycles. The van der Waals surface area contributed by atoms with Gasteiger partial charge in [0.05, 0.1) is 22.5 Å². The van der Waals surface area contributed by atoms with E-state index in [0.29, 0.717) is 27.7 Å². The molecule has 1 aromatic carbocycles. The predicted octanol–water partition coefficient (Wildman–Crippen LogP) is 2.92. The summed E-state index contributed by atoms with van der Waals surface area (Å²) in [4.78, 5) is 2.91. The maximum atomic E-state index is 14.1. The zero-order chi connectivity index (χ0) is 15.9. The first kappa shape index (κ1) is 14.3. The van der Waals surface area contributed by atoms with Crippen LogP contribution in [-0.4, -0.2) is 14.3 Å². The van der Waals surface area contributed by atoms with Crippen LogP contribution in [-0.2, 0) is 11.0 Å². The molecular formula is C14H11FN4O2S. The Morgan fingerprint density at radius 1 is 1.45 bits per heavy atom. The number of rotatable bonds is 3. The number of nitriles is 1. The van der Waals surface area contributed by atoms with Gasteiger partial charge in [-0.2, -0.15) is 5.26 Å². The molecule has 0 aliphatic heterocycles. The molecule has 0 bridgehead atoms. The number of aromatic nitrogens is 2. The minimum atomic E-state index is -1.73. The number of nitrogens with one attached hydrogen (secondary N) is 2. The highest BCUT2D eigenvalue weighted by atomic mass is 32.2. The maximum Gasteiger partial charge on any atom is 0.243 e. The van der Waals surface area contributed by atoms with Crippen LogP contribution in [0.1, 0.15) is 16.8 Å². The van der Waals surface area contributed by atoms with Crippen molar-refractivity contribution in [2.24, 2.45) is 0 Å². The number of anilines is 1. The third kappa shape index (κ3) is 2.25. The number of aromatic amines is 1. The fourth-order valence-electron chi connectivity index (χ4n) is 2.20. The number of halogens is 1. The molecule has 0 saturated heterocycles. The summed E-state index contributed by atoms with van der Waals surface area (Å²) in [7, 11) is -1.73. The van der Waals surface area contributed by atoms with E-state index in [4.69, 9.17) is 9.78 Å². The fraction of sp³-hybridized carbons (Fsp3) is 0.143. The van der Waals surface area contributed by atoms with Gasteiger partial charge < -0.3 is 9.51 Å². The summed E-state index contributed by atoms with van der Waals surface area (Å²) in [5.74, 6) is -0.489. The van der Waals surface area contributed by atoms with E-state index in [1.165, 1.54) is 18.3 Å². The van der Waals surface area contributed by atoms with Gasteiger partial charge in [-0.15, -0.1) is 0 Å². The van der Waals surface area contributed by atoms with Gasteiger partial charge in [0.25, 0.3) is 0 Å². The molecule has 3 rings (SSSR count). The lowest BCUT2D eigenvalue weighted by Gasteiger charge is -2.08. The first-order valence-electron chi connectivity index (χ1n) is 6.33. The zero-order valence-electron chi connectivity index (χ0n) is 11.7. The van der Waals surface area contributed by atoms with Crippen molar-refractivity contribution in [2.45, 2.75) is 18.9 Å². The Morgan fingerprint density at radius 3 is 2.86 bits per heavy atom. The van der Waals surface area contributed by atoms with Gasteiger partial charge in [0, 0.05) is 23.7 Å². The molecule has 3 aromatic rings. The Balaban J connectivity index is 2.08. The first-order valence-corrected chi connectivity index (χ1v) is 7.48. The van der Waals surface area contributed by atoms with E-state index in [1.807, 2.05) is 6.07 Å². The number of hydrogen-bond donors (Lipinski definition) is 2. The summed E-state index contributed by atoms with van der Waals surface area (Å²) >= 11 is 0. The van der Waals surface area contributed by atoms with E-state index in [1.54, 1.807) is 13.8 Å². The smallest absolute Gasteiger partial charge is 0.243 e. The molecule has 1 unspecified atom stereocenters. The molecule has 8 heteroatoms. The minimum absolute atomic E-state index is 0.138. The molecule has 0 radical (unpaired) electrons. The molecular weight excluding hydrogens is 307 g/mol. The highest BCUT2D eigenvalue weighted by Gasteiger charge is 2.17. The molecule has 2 heterocycles. The number of aryl methyl sites for hydroxylation is 2. The second-order valence-electron chi connectivity index (χ2n) is 4.75. The molecule has 0 fully saturated rings. The van der Waals surface area contributed by atoms with Crippen LogP contribution < -0.4 is 4.72 Å². The second-order valence-corrected chi connectivity index (χ2v) is 5.90. The molecule has 1 atom stereocenters. The van der Waals surface area contributed by atoms with E-state index in [2.05, 4.69) is 14.9 Å². The quantitative estimate of drug-likeness (QED) is 0.776. The van der Waals surface area contributed by atoms with Crippen molar-refractivity contribution in [3.05, 3.63) is 41.0 Å². The van der Waals surface area contributed by atoms with Crippen molar-refractivity contribution in [2.75, 3.05) is 4.72 Å². The first-order chi connectivity index (χ1) is 10.5. The van der Waals surface area contributed by atoms with Crippen molar-refractivity contribution in [3.8, 4) is 6.07 Å². The van der Waals surface area contributed by atoms with E-state index < -0.39 is 16.8 Å². The fourth-order valence-corrected chi connectivity index (χ4v) is 3.04. The molecule has 112 valence electrons. The Bertz CT molecular complexity index is 938. The van der Waals surface area contributed by atoms with Gasteiger partial charge in [-0.1, -0.05) is 5.16 Å². The van der Waals surface area contributed by atoms with Crippen LogP contribution in [0, 0.1) is 31.0 Å². The monoisotopic (exact) mass is 318 g/mol. The Morgan fingerprint density at radius 2 is 2.23 bits per heavy atom. The topological polar surface area (TPSA) is 94.7 Å². The zero-order valence-corrected chi connectivity index (χ0v) is 12.5. The average molecular weight is 318 g/mol. The number of H-pyrrole nitrogens is 1. The van der Waals surface area contributed by atoms with Gasteiger partial charge >= 0.3 is 0 Å². The van der Waals surface area contributed by atoms with Gasteiger partial charge in [-0.3, -0.25) is 4.72 Å². The van der Waals surface area contributed by atoms with Gasteiger partial charge in [-0.25, -0.2) is 8.60 Å². The van der Waals surface area contributed by atoms with Crippen LogP contribution in [0.3, 0.4) is 0 Å². The lowest BCUT2D eigenvalue weighted by atomic mass is 10.1. The Kier molecular flexibility index (Phi) is 3.42. The molecule has 2 aromatic heterocycles. The Hall–Kier alpha value is -2.66. The van der Waals surface area contributed by atoms with Crippen molar-refractivity contribution in [3.63, 3.8) is 0 Å². The molecule has 22 heavy (non-hydrogen) atoms. The van der Waals surface area contributed by atoms with Gasteiger partial charge in [0.2, 0.25) is 5.09 Å². The van der Waals surface area contributed by atoms with Crippen LogP contribution in [0.2, 0.25) is 0 Å². The van der Waals surface area contributed by atoms with E-state index in [0.717, 1.165) is 0 Å². The maximum absolute atomic E-state index is 14.1. The standard InChI is InChI=1S/C14H11FN4O2S/c1-7-3-12(21-18-7)22(20)19-11-4-10(15)8(2)13-9(5-16)6-17-14(11)13/h3-4,6,17,19H,1-2H3. The summed E-state index contributed by atoms with van der Waals surface area (Å²) in [6, 6.07) is 4.76. The van der Waals surface area contributed by atoms with Crippen LogP contribution in [0.15, 0.2) is 27.9 Å². The third-order valence-corrected chi connectivity index (χ3v) is 4.23. The number of hydrogen-bond acceptors (Lipinski definition) is 4. The van der Waals surface area contributed by atoms with Crippen molar-refractivity contribution in [1.82, 2.24) is 10.1 Å². The predicted molar refractivity (Wildman–Crippen MR) is 79.0 cm³/mol. The Labute approximate surface area is 127 Å². The van der Waals surface area contributed by atoms with Gasteiger partial charge in [0.15, 0.2) is 11.0 Å². The molecule has 0 amide bonds. The molecule has 0 aliphatic rings. The van der Waals surface area contributed by atoms with Crippen molar-refractivity contribution < 1.29 is 13.1 Å². The largest absolute Gasteiger partial charge is 0.358 e. The highest BCUT2D eigenvalue weighted by Crippen LogP contribution is 2.31. The summed E-state index contributed by atoms with van der Waals surface area (Å²) in [5.41, 5.74) is 2.08. The highest BCUT2D eigenvalue weighted by molar-refractivity contribution is 7.86. The average Bonchev–Trinajstić information content (AvgIpc) is 3.10. The number of nitrogens with zero attached hydrogens (tertiary/aromatic N) is 2. The van der Waals surface area contributed by atoms with Crippen LogP contribution in [0.25, 0.3) is 10.9 Å². The molecule has 0 spiro atoms. The molecule has 0 saturated carbocycles. The van der Waals surface area contributed by atoms with Gasteiger partial charge in [-0.05, 0) is 19.4 Å². The van der Waals surface area contributed by atoms with E-state index >= 15 is 0 Å². The van der Waals surface area contributed by atoms with Crippen molar-refractivity contribution in [1.29, 1.82) is 5.26 Å². The van der Waals surface area contributed by atoms with E-state index in [9.17, 15) is 8.60 Å². The summed E-state index contributed by atoms with van der Waals surface area (Å²) < 4.78 is 33.9.